The third-order valence-corrected chi connectivity index (χ3v) is 4.35. The zero-order valence-corrected chi connectivity index (χ0v) is 9.81. The topological polar surface area (TPSA) is 12.0 Å². The van der Waals surface area contributed by atoms with Crippen molar-refractivity contribution in [2.45, 2.75) is 45.2 Å². The molecule has 0 aromatic carbocycles. The zero-order chi connectivity index (χ0) is 9.97. The van der Waals surface area contributed by atoms with Crippen molar-refractivity contribution in [3.63, 3.8) is 0 Å². The zero-order valence-electron chi connectivity index (χ0n) is 8.99. The van der Waals surface area contributed by atoms with E-state index >= 15 is 0 Å². The minimum atomic E-state index is 0.528. The molecule has 0 amide bonds. The van der Waals surface area contributed by atoms with Gasteiger partial charge in [-0.3, -0.25) is 0 Å². The van der Waals surface area contributed by atoms with Crippen LogP contribution < -0.4 is 5.32 Å². The minimum Gasteiger partial charge on any atom is -0.306 e. The smallest absolute Gasteiger partial charge is 0.0388 e. The highest BCUT2D eigenvalue weighted by molar-refractivity contribution is 7.10. The average Bonchev–Trinajstić information content (AvgIpc) is 2.77. The van der Waals surface area contributed by atoms with Crippen molar-refractivity contribution in [1.82, 2.24) is 5.32 Å². The highest BCUT2D eigenvalue weighted by Crippen LogP contribution is 2.28. The van der Waals surface area contributed by atoms with E-state index in [1.54, 1.807) is 0 Å². The second-order valence-corrected chi connectivity index (χ2v) is 5.40. The summed E-state index contributed by atoms with van der Waals surface area (Å²) in [6.45, 7) is 4.64. The molecular formula is C12H19NS. The Hall–Kier alpha value is -0.340. The van der Waals surface area contributed by atoms with Crippen LogP contribution in [0.1, 0.15) is 44.0 Å². The Morgan fingerprint density at radius 1 is 1.50 bits per heavy atom. The van der Waals surface area contributed by atoms with E-state index in [2.05, 4.69) is 36.7 Å². The molecule has 3 atom stereocenters. The molecule has 1 nitrogen and oxygen atoms in total. The van der Waals surface area contributed by atoms with Gasteiger partial charge in [0.2, 0.25) is 0 Å². The van der Waals surface area contributed by atoms with Crippen molar-refractivity contribution < 1.29 is 0 Å². The van der Waals surface area contributed by atoms with Gasteiger partial charge in [0.15, 0.2) is 0 Å². The summed E-state index contributed by atoms with van der Waals surface area (Å²) in [5.41, 5.74) is 0. The molecule has 14 heavy (non-hydrogen) atoms. The molecule has 1 aromatic rings. The van der Waals surface area contributed by atoms with Crippen LogP contribution in [-0.4, -0.2) is 6.04 Å². The van der Waals surface area contributed by atoms with Gasteiger partial charge in [-0.2, -0.15) is 0 Å². The summed E-state index contributed by atoms with van der Waals surface area (Å²) in [5.74, 6) is 0.859. The van der Waals surface area contributed by atoms with Gasteiger partial charge in [0.25, 0.3) is 0 Å². The Morgan fingerprint density at radius 2 is 2.36 bits per heavy atom. The van der Waals surface area contributed by atoms with Gasteiger partial charge in [-0.1, -0.05) is 19.4 Å². The van der Waals surface area contributed by atoms with E-state index in [9.17, 15) is 0 Å². The molecule has 1 aliphatic rings. The lowest BCUT2D eigenvalue weighted by Gasteiger charge is -2.22. The van der Waals surface area contributed by atoms with Crippen molar-refractivity contribution in [1.29, 1.82) is 0 Å². The number of rotatable bonds is 3. The van der Waals surface area contributed by atoms with Crippen LogP contribution in [0, 0.1) is 5.92 Å². The standard InChI is InChI=1S/C12H19NS/c1-9-5-3-6-11(9)13-10(2)12-7-4-8-14-12/h4,7-11,13H,3,5-6H2,1-2H3/t9?,10-,11?/m0/s1. The fourth-order valence-electron chi connectivity index (χ4n) is 2.33. The van der Waals surface area contributed by atoms with Crippen molar-refractivity contribution in [2.75, 3.05) is 0 Å². The number of hydrogen-bond acceptors (Lipinski definition) is 2. The molecule has 2 rings (SSSR count). The van der Waals surface area contributed by atoms with E-state index < -0.39 is 0 Å². The maximum Gasteiger partial charge on any atom is 0.0388 e. The Labute approximate surface area is 90.5 Å². The van der Waals surface area contributed by atoms with E-state index in [0.717, 1.165) is 12.0 Å². The number of thiophene rings is 1. The van der Waals surface area contributed by atoms with Crippen LogP contribution in [-0.2, 0) is 0 Å². The molecule has 1 aromatic heterocycles. The lowest BCUT2D eigenvalue weighted by Crippen LogP contribution is -2.32. The Morgan fingerprint density at radius 3 is 2.93 bits per heavy atom. The van der Waals surface area contributed by atoms with Crippen LogP contribution in [0.5, 0.6) is 0 Å². The molecule has 2 unspecified atom stereocenters. The van der Waals surface area contributed by atoms with E-state index in [4.69, 9.17) is 0 Å². The maximum atomic E-state index is 3.74. The van der Waals surface area contributed by atoms with E-state index in [-0.39, 0.29) is 0 Å². The third-order valence-electron chi connectivity index (χ3n) is 3.30. The third kappa shape index (κ3) is 2.18. The molecule has 78 valence electrons. The first-order valence-electron chi connectivity index (χ1n) is 5.57. The van der Waals surface area contributed by atoms with Gasteiger partial charge in [-0.05, 0) is 37.1 Å². The molecule has 2 heteroatoms. The quantitative estimate of drug-likeness (QED) is 0.802. The fraction of sp³-hybridized carbons (Fsp3) is 0.667. The van der Waals surface area contributed by atoms with Crippen LogP contribution >= 0.6 is 11.3 Å². The van der Waals surface area contributed by atoms with Crippen molar-refractivity contribution >= 4 is 11.3 Å². The van der Waals surface area contributed by atoms with E-state index in [0.29, 0.717) is 6.04 Å². The summed E-state index contributed by atoms with van der Waals surface area (Å²) in [4.78, 5) is 1.46. The highest BCUT2D eigenvalue weighted by Gasteiger charge is 2.24. The van der Waals surface area contributed by atoms with Gasteiger partial charge in [0.1, 0.15) is 0 Å². The molecule has 1 N–H and O–H groups in total. The second-order valence-electron chi connectivity index (χ2n) is 4.42. The van der Waals surface area contributed by atoms with Gasteiger partial charge in [0.05, 0.1) is 0 Å². The second kappa shape index (κ2) is 4.45. The molecule has 0 saturated heterocycles. The van der Waals surface area contributed by atoms with Gasteiger partial charge in [-0.25, -0.2) is 0 Å². The summed E-state index contributed by atoms with van der Waals surface area (Å²) < 4.78 is 0. The largest absolute Gasteiger partial charge is 0.306 e. The lowest BCUT2D eigenvalue weighted by atomic mass is 10.1. The predicted molar refractivity (Wildman–Crippen MR) is 62.7 cm³/mol. The van der Waals surface area contributed by atoms with Crippen LogP contribution in [0.4, 0.5) is 0 Å². The number of hydrogen-bond donors (Lipinski definition) is 1. The first-order valence-corrected chi connectivity index (χ1v) is 6.45. The normalized spacial score (nSPS) is 29.3. The van der Waals surface area contributed by atoms with E-state index in [1.165, 1.54) is 24.1 Å². The van der Waals surface area contributed by atoms with Crippen LogP contribution in [0.3, 0.4) is 0 Å². The molecule has 1 aliphatic carbocycles. The van der Waals surface area contributed by atoms with Crippen molar-refractivity contribution in [3.05, 3.63) is 22.4 Å². The average molecular weight is 209 g/mol. The maximum absolute atomic E-state index is 3.74. The van der Waals surface area contributed by atoms with Crippen molar-refractivity contribution in [3.8, 4) is 0 Å². The van der Waals surface area contributed by atoms with Crippen LogP contribution in [0.25, 0.3) is 0 Å². The summed E-state index contributed by atoms with van der Waals surface area (Å²) in [6, 6.07) is 5.63. The summed E-state index contributed by atoms with van der Waals surface area (Å²) >= 11 is 1.85. The van der Waals surface area contributed by atoms with Gasteiger partial charge >= 0.3 is 0 Å². The molecule has 1 fully saturated rings. The van der Waals surface area contributed by atoms with Gasteiger partial charge in [-0.15, -0.1) is 11.3 Å². The molecular weight excluding hydrogens is 190 g/mol. The fourth-order valence-corrected chi connectivity index (χ4v) is 3.08. The minimum absolute atomic E-state index is 0.528. The molecule has 0 bridgehead atoms. The SMILES string of the molecule is CC1CCCC1N[C@@H](C)c1cccs1. The van der Waals surface area contributed by atoms with Crippen LogP contribution in [0.2, 0.25) is 0 Å². The molecule has 1 heterocycles. The Balaban J connectivity index is 1.91. The Kier molecular flexibility index (Phi) is 3.24. The van der Waals surface area contributed by atoms with Gasteiger partial charge < -0.3 is 5.32 Å². The monoisotopic (exact) mass is 209 g/mol. The molecule has 0 aliphatic heterocycles. The molecule has 0 radical (unpaired) electrons. The molecule has 0 spiro atoms. The first kappa shape index (κ1) is 10.2. The summed E-state index contributed by atoms with van der Waals surface area (Å²) in [5, 5.41) is 5.90. The molecule has 1 saturated carbocycles. The van der Waals surface area contributed by atoms with E-state index in [1.807, 2.05) is 11.3 Å². The Bertz CT molecular complexity index is 268. The lowest BCUT2D eigenvalue weighted by molar-refractivity contribution is 0.391. The highest BCUT2D eigenvalue weighted by atomic mass is 32.1. The van der Waals surface area contributed by atoms with Gasteiger partial charge in [0, 0.05) is 17.0 Å². The number of nitrogens with one attached hydrogen (secondary N) is 1. The van der Waals surface area contributed by atoms with Crippen LogP contribution in [0.15, 0.2) is 17.5 Å². The van der Waals surface area contributed by atoms with Crippen molar-refractivity contribution in [2.24, 2.45) is 5.92 Å². The predicted octanol–water partition coefficient (Wildman–Crippen LogP) is 3.59. The summed E-state index contributed by atoms with van der Waals surface area (Å²) in [7, 11) is 0. The summed E-state index contributed by atoms with van der Waals surface area (Å²) in [6.07, 6.45) is 4.15. The first-order chi connectivity index (χ1) is 6.77.